The molecule has 2 amide bonds. The molecule has 0 spiro atoms. The summed E-state index contributed by atoms with van der Waals surface area (Å²) in [5, 5.41) is 2.88. The molecule has 0 radical (unpaired) electrons. The second kappa shape index (κ2) is 6.40. The molecule has 0 aromatic heterocycles. The Hall–Kier alpha value is -1.06. The van der Waals surface area contributed by atoms with E-state index in [1.807, 2.05) is 25.7 Å². The molecule has 4 heteroatoms. The van der Waals surface area contributed by atoms with Gasteiger partial charge in [-0.05, 0) is 39.0 Å². The molecule has 1 heterocycles. The third-order valence-electron chi connectivity index (χ3n) is 4.05. The molecule has 0 bridgehead atoms. The van der Waals surface area contributed by atoms with Crippen molar-refractivity contribution in [1.29, 1.82) is 0 Å². The Morgan fingerprint density at radius 1 is 1.42 bits per heavy atom. The Kier molecular flexibility index (Phi) is 5.39. The lowest BCUT2D eigenvalue weighted by Crippen LogP contribution is -2.55. The van der Waals surface area contributed by atoms with Gasteiger partial charge in [0.25, 0.3) is 0 Å². The lowest BCUT2D eigenvalue weighted by molar-refractivity contribution is -0.139. The normalized spacial score (nSPS) is 28.5. The summed E-state index contributed by atoms with van der Waals surface area (Å²) < 4.78 is 0. The summed E-state index contributed by atoms with van der Waals surface area (Å²) in [7, 11) is 0. The molecule has 0 aromatic carbocycles. The van der Waals surface area contributed by atoms with Crippen molar-refractivity contribution in [3.63, 3.8) is 0 Å². The van der Waals surface area contributed by atoms with Crippen LogP contribution in [0.1, 0.15) is 60.3 Å². The molecule has 110 valence electrons. The van der Waals surface area contributed by atoms with E-state index in [2.05, 4.69) is 19.2 Å². The van der Waals surface area contributed by atoms with E-state index in [4.69, 9.17) is 0 Å². The van der Waals surface area contributed by atoms with Gasteiger partial charge in [0.2, 0.25) is 11.8 Å². The number of hydrogen-bond donors (Lipinski definition) is 1. The van der Waals surface area contributed by atoms with E-state index in [-0.39, 0.29) is 17.9 Å². The highest BCUT2D eigenvalue weighted by Gasteiger charge is 2.41. The molecule has 2 unspecified atom stereocenters. The third kappa shape index (κ3) is 3.95. The second-order valence-electron chi connectivity index (χ2n) is 6.32. The summed E-state index contributed by atoms with van der Waals surface area (Å²) in [6.07, 6.45) is 3.15. The largest absolute Gasteiger partial charge is 0.342 e. The van der Waals surface area contributed by atoms with Crippen molar-refractivity contribution in [2.45, 2.75) is 71.9 Å². The Morgan fingerprint density at radius 3 is 2.58 bits per heavy atom. The fraction of sp³-hybridized carbons (Fsp3) is 0.867. The van der Waals surface area contributed by atoms with Gasteiger partial charge >= 0.3 is 0 Å². The number of carbonyl (C=O) groups is 2. The van der Waals surface area contributed by atoms with E-state index in [9.17, 15) is 9.59 Å². The van der Waals surface area contributed by atoms with Gasteiger partial charge in [0.1, 0.15) is 5.54 Å². The maximum absolute atomic E-state index is 12.6. The standard InChI is InChI=1S/C15H28N2O2/c1-6-15(5)14(19)17(9-7-8-11(2)3)12(4)10-13(18)16-15/h11-12H,6-10H2,1-5H3,(H,16,18). The molecular formula is C15H28N2O2. The number of nitrogens with one attached hydrogen (secondary N) is 1. The molecule has 1 rings (SSSR count). The lowest BCUT2D eigenvalue weighted by Gasteiger charge is -2.33. The predicted octanol–water partition coefficient (Wildman–Crippen LogP) is 2.33. The summed E-state index contributed by atoms with van der Waals surface area (Å²) in [6, 6.07) is -0.00645. The van der Waals surface area contributed by atoms with Crippen LogP contribution in [-0.4, -0.2) is 34.8 Å². The number of hydrogen-bond acceptors (Lipinski definition) is 2. The van der Waals surface area contributed by atoms with Crippen molar-refractivity contribution in [2.75, 3.05) is 6.54 Å². The fourth-order valence-corrected chi connectivity index (χ4v) is 2.54. The van der Waals surface area contributed by atoms with Crippen molar-refractivity contribution < 1.29 is 9.59 Å². The van der Waals surface area contributed by atoms with Gasteiger partial charge in [-0.1, -0.05) is 20.8 Å². The van der Waals surface area contributed by atoms with E-state index in [1.165, 1.54) is 0 Å². The van der Waals surface area contributed by atoms with Crippen molar-refractivity contribution in [1.82, 2.24) is 10.2 Å². The maximum atomic E-state index is 12.6. The van der Waals surface area contributed by atoms with Gasteiger partial charge < -0.3 is 10.2 Å². The highest BCUT2D eigenvalue weighted by Crippen LogP contribution is 2.22. The molecule has 1 fully saturated rings. The number of carbonyl (C=O) groups excluding carboxylic acids is 2. The molecule has 4 nitrogen and oxygen atoms in total. The molecule has 1 aliphatic rings. The summed E-state index contributed by atoms with van der Waals surface area (Å²) in [6.45, 7) is 10.9. The van der Waals surface area contributed by atoms with E-state index in [0.717, 1.165) is 19.4 Å². The summed E-state index contributed by atoms with van der Waals surface area (Å²) in [5.74, 6) is 0.698. The third-order valence-corrected chi connectivity index (χ3v) is 4.05. The van der Waals surface area contributed by atoms with Gasteiger partial charge in [0.05, 0.1) is 0 Å². The fourth-order valence-electron chi connectivity index (χ4n) is 2.54. The lowest BCUT2D eigenvalue weighted by atomic mass is 9.96. The van der Waals surface area contributed by atoms with Crippen LogP contribution in [0.3, 0.4) is 0 Å². The minimum atomic E-state index is -0.736. The SMILES string of the molecule is CCC1(C)NC(=O)CC(C)N(CCCC(C)C)C1=O. The van der Waals surface area contributed by atoms with Gasteiger partial charge in [0.15, 0.2) is 0 Å². The topological polar surface area (TPSA) is 49.4 Å². The van der Waals surface area contributed by atoms with E-state index in [0.29, 0.717) is 18.8 Å². The van der Waals surface area contributed by atoms with Crippen molar-refractivity contribution >= 4 is 11.8 Å². The quantitative estimate of drug-likeness (QED) is 0.832. The van der Waals surface area contributed by atoms with Crippen LogP contribution < -0.4 is 5.32 Å². The zero-order valence-electron chi connectivity index (χ0n) is 13.0. The number of amides is 2. The van der Waals surface area contributed by atoms with Gasteiger partial charge in [-0.25, -0.2) is 0 Å². The molecule has 19 heavy (non-hydrogen) atoms. The van der Waals surface area contributed by atoms with Crippen LogP contribution in [0.5, 0.6) is 0 Å². The Labute approximate surface area is 116 Å². The van der Waals surface area contributed by atoms with Crippen LogP contribution in [0.4, 0.5) is 0 Å². The number of rotatable bonds is 5. The molecule has 0 aromatic rings. The van der Waals surface area contributed by atoms with Gasteiger partial charge in [-0.3, -0.25) is 9.59 Å². The van der Waals surface area contributed by atoms with Crippen LogP contribution in [0.2, 0.25) is 0 Å². The molecule has 1 aliphatic heterocycles. The average Bonchev–Trinajstić information content (AvgIpc) is 2.39. The highest BCUT2D eigenvalue weighted by molar-refractivity contribution is 5.93. The Morgan fingerprint density at radius 2 is 2.05 bits per heavy atom. The summed E-state index contributed by atoms with van der Waals surface area (Å²) in [5.41, 5.74) is -0.736. The summed E-state index contributed by atoms with van der Waals surface area (Å²) >= 11 is 0. The molecular weight excluding hydrogens is 240 g/mol. The summed E-state index contributed by atoms with van der Waals surface area (Å²) in [4.78, 5) is 26.4. The zero-order valence-corrected chi connectivity index (χ0v) is 13.0. The predicted molar refractivity (Wildman–Crippen MR) is 76.7 cm³/mol. The Bertz CT molecular complexity index is 341. The molecule has 2 atom stereocenters. The molecule has 1 N–H and O–H groups in total. The van der Waals surface area contributed by atoms with Crippen LogP contribution in [0.25, 0.3) is 0 Å². The first-order valence-corrected chi connectivity index (χ1v) is 7.42. The highest BCUT2D eigenvalue weighted by atomic mass is 16.2. The maximum Gasteiger partial charge on any atom is 0.248 e. The number of nitrogens with zero attached hydrogens (tertiary/aromatic N) is 1. The second-order valence-corrected chi connectivity index (χ2v) is 6.32. The molecule has 0 aliphatic carbocycles. The van der Waals surface area contributed by atoms with Crippen molar-refractivity contribution in [3.8, 4) is 0 Å². The Balaban J connectivity index is 2.80. The molecule has 0 saturated carbocycles. The van der Waals surface area contributed by atoms with E-state index >= 15 is 0 Å². The first-order valence-electron chi connectivity index (χ1n) is 7.42. The van der Waals surface area contributed by atoms with Crippen LogP contribution in [0, 0.1) is 5.92 Å². The minimum Gasteiger partial charge on any atom is -0.342 e. The monoisotopic (exact) mass is 268 g/mol. The average molecular weight is 268 g/mol. The van der Waals surface area contributed by atoms with Crippen molar-refractivity contribution in [3.05, 3.63) is 0 Å². The van der Waals surface area contributed by atoms with Gasteiger partial charge in [-0.2, -0.15) is 0 Å². The first kappa shape index (κ1) is 16.0. The van der Waals surface area contributed by atoms with Crippen LogP contribution in [0.15, 0.2) is 0 Å². The first-order chi connectivity index (χ1) is 8.80. The smallest absolute Gasteiger partial charge is 0.248 e. The molecule has 1 saturated heterocycles. The van der Waals surface area contributed by atoms with Crippen LogP contribution in [-0.2, 0) is 9.59 Å². The van der Waals surface area contributed by atoms with Gasteiger partial charge in [0, 0.05) is 19.0 Å². The minimum absolute atomic E-state index is 0.00645. The van der Waals surface area contributed by atoms with Crippen LogP contribution >= 0.6 is 0 Å². The van der Waals surface area contributed by atoms with Crippen molar-refractivity contribution in [2.24, 2.45) is 5.92 Å². The van der Waals surface area contributed by atoms with Gasteiger partial charge in [-0.15, -0.1) is 0 Å². The zero-order chi connectivity index (χ0) is 14.6. The van der Waals surface area contributed by atoms with E-state index < -0.39 is 5.54 Å². The van der Waals surface area contributed by atoms with E-state index in [1.54, 1.807) is 0 Å².